The van der Waals surface area contributed by atoms with E-state index in [0.29, 0.717) is 0 Å². The Balaban J connectivity index is 1.68. The summed E-state index contributed by atoms with van der Waals surface area (Å²) in [4.78, 5) is 0. The van der Waals surface area contributed by atoms with Crippen LogP contribution in [0, 0.1) is 41.5 Å². The maximum Gasteiger partial charge on any atom is 0.00119 e. The Morgan fingerprint density at radius 2 is 0.769 bits per heavy atom. The number of hydrogen-bond acceptors (Lipinski definition) is 0. The zero-order valence-electron chi connectivity index (χ0n) is 23.8. The molecule has 1 heterocycles. The standard InChI is InChI=1S/C38H35P/c1-24-20-26(3)34(27(4)21-24)32-18-13-19-33(35-28(5)22-25(2)23-29(35)6)38(32)39-36(30-14-9-7-10-15-30)37(39)31-16-11-8-12-17-31/h7-23H,1-6H3. The quantitative estimate of drug-likeness (QED) is 0.201. The lowest BCUT2D eigenvalue weighted by Gasteiger charge is -2.22. The van der Waals surface area contributed by atoms with E-state index in [-0.39, 0.29) is 0 Å². The van der Waals surface area contributed by atoms with E-state index < -0.39 is 7.92 Å². The van der Waals surface area contributed by atoms with Crippen molar-refractivity contribution in [2.24, 2.45) is 0 Å². The molecule has 5 aromatic carbocycles. The molecule has 0 nitrogen and oxygen atoms in total. The molecule has 0 saturated carbocycles. The van der Waals surface area contributed by atoms with Crippen molar-refractivity contribution >= 4 is 23.9 Å². The fourth-order valence-corrected chi connectivity index (χ4v) is 9.36. The smallest absolute Gasteiger partial charge is 0.00119 e. The first-order valence-electron chi connectivity index (χ1n) is 13.8. The normalized spacial score (nSPS) is 13.2. The highest BCUT2D eigenvalue weighted by molar-refractivity contribution is 7.95. The van der Waals surface area contributed by atoms with Crippen LogP contribution in [0.3, 0.4) is 0 Å². The van der Waals surface area contributed by atoms with Crippen LogP contribution in [0.15, 0.2) is 103 Å². The summed E-state index contributed by atoms with van der Waals surface area (Å²) in [7, 11) is -0.645. The van der Waals surface area contributed by atoms with Crippen molar-refractivity contribution in [3.63, 3.8) is 0 Å². The minimum absolute atomic E-state index is 0.645. The minimum Gasteiger partial charge on any atom is -0.0622 e. The monoisotopic (exact) mass is 522 g/mol. The van der Waals surface area contributed by atoms with Gasteiger partial charge in [-0.25, -0.2) is 0 Å². The molecule has 192 valence electrons. The molecule has 0 amide bonds. The van der Waals surface area contributed by atoms with Crippen molar-refractivity contribution in [1.29, 1.82) is 0 Å². The molecule has 0 bridgehead atoms. The second kappa shape index (κ2) is 10.1. The molecule has 1 aliphatic rings. The highest BCUT2D eigenvalue weighted by atomic mass is 31.1. The molecule has 0 spiro atoms. The molecule has 0 saturated heterocycles. The van der Waals surface area contributed by atoms with Gasteiger partial charge in [-0.05, 0) is 105 Å². The van der Waals surface area contributed by atoms with Gasteiger partial charge >= 0.3 is 0 Å². The number of benzene rings is 5. The van der Waals surface area contributed by atoms with Crippen LogP contribution in [0.2, 0.25) is 0 Å². The van der Waals surface area contributed by atoms with E-state index in [0.717, 1.165) is 0 Å². The highest BCUT2D eigenvalue weighted by Gasteiger charge is 2.42. The molecule has 5 aromatic rings. The Hall–Kier alpha value is -3.73. The van der Waals surface area contributed by atoms with Crippen LogP contribution in [-0.2, 0) is 0 Å². The molecule has 0 aromatic heterocycles. The van der Waals surface area contributed by atoms with E-state index in [1.165, 1.54) is 82.7 Å². The summed E-state index contributed by atoms with van der Waals surface area (Å²) >= 11 is 0. The Kier molecular flexibility index (Phi) is 6.62. The van der Waals surface area contributed by atoms with Crippen LogP contribution in [0.25, 0.3) is 32.9 Å². The van der Waals surface area contributed by atoms with E-state index in [9.17, 15) is 0 Å². The summed E-state index contributed by atoms with van der Waals surface area (Å²) in [6, 6.07) is 38.4. The van der Waals surface area contributed by atoms with Crippen LogP contribution >= 0.6 is 7.92 Å². The van der Waals surface area contributed by atoms with Gasteiger partial charge in [-0.15, -0.1) is 0 Å². The summed E-state index contributed by atoms with van der Waals surface area (Å²) < 4.78 is 0. The first kappa shape index (κ1) is 25.5. The van der Waals surface area contributed by atoms with Crippen LogP contribution in [-0.4, -0.2) is 0 Å². The summed E-state index contributed by atoms with van der Waals surface area (Å²) in [5.74, 6) is 0. The van der Waals surface area contributed by atoms with Crippen LogP contribution in [0.5, 0.6) is 0 Å². The van der Waals surface area contributed by atoms with E-state index in [2.05, 4.69) is 145 Å². The summed E-state index contributed by atoms with van der Waals surface area (Å²) in [6.07, 6.45) is 0. The summed E-state index contributed by atoms with van der Waals surface area (Å²) in [5, 5.41) is 4.51. The number of aryl methyl sites for hydroxylation is 6. The lowest BCUT2D eigenvalue weighted by Crippen LogP contribution is -2.09. The van der Waals surface area contributed by atoms with Gasteiger partial charge in [0.25, 0.3) is 0 Å². The number of hydrogen-bond donors (Lipinski definition) is 0. The van der Waals surface area contributed by atoms with Crippen molar-refractivity contribution in [2.45, 2.75) is 41.5 Å². The van der Waals surface area contributed by atoms with E-state index >= 15 is 0 Å². The molecular weight excluding hydrogens is 487 g/mol. The predicted octanol–water partition coefficient (Wildman–Crippen LogP) is 10.5. The molecule has 0 fully saturated rings. The van der Waals surface area contributed by atoms with Crippen molar-refractivity contribution in [2.75, 3.05) is 0 Å². The average Bonchev–Trinajstić information content (AvgIpc) is 3.64. The fraction of sp³-hybridized carbons (Fsp3) is 0.158. The van der Waals surface area contributed by atoms with Crippen molar-refractivity contribution in [3.05, 3.63) is 148 Å². The van der Waals surface area contributed by atoms with Crippen LogP contribution < -0.4 is 5.30 Å². The second-order valence-corrected chi connectivity index (χ2v) is 13.0. The largest absolute Gasteiger partial charge is 0.0622 e. The van der Waals surface area contributed by atoms with Gasteiger partial charge < -0.3 is 0 Å². The maximum absolute atomic E-state index is 2.37. The molecule has 0 atom stereocenters. The molecule has 0 N–H and O–H groups in total. The number of rotatable bonds is 5. The molecule has 1 heteroatoms. The third-order valence-corrected chi connectivity index (χ3v) is 10.4. The first-order chi connectivity index (χ1) is 18.8. The third kappa shape index (κ3) is 4.58. The predicted molar refractivity (Wildman–Crippen MR) is 172 cm³/mol. The second-order valence-electron chi connectivity index (χ2n) is 11.0. The molecule has 1 aliphatic heterocycles. The lowest BCUT2D eigenvalue weighted by molar-refractivity contribution is 1.32. The highest BCUT2D eigenvalue weighted by Crippen LogP contribution is 2.78. The molecular formula is C38H35P. The topological polar surface area (TPSA) is 0 Å². The van der Waals surface area contributed by atoms with Gasteiger partial charge in [0.15, 0.2) is 0 Å². The molecule has 6 rings (SSSR count). The van der Waals surface area contributed by atoms with E-state index in [1.54, 1.807) is 0 Å². The fourth-order valence-electron chi connectivity index (χ4n) is 6.51. The molecule has 0 radical (unpaired) electrons. The third-order valence-electron chi connectivity index (χ3n) is 7.87. The van der Waals surface area contributed by atoms with Crippen molar-refractivity contribution in [1.82, 2.24) is 0 Å². The molecule has 39 heavy (non-hydrogen) atoms. The molecule has 0 unspecified atom stereocenters. The van der Waals surface area contributed by atoms with Gasteiger partial charge in [0, 0.05) is 15.9 Å². The van der Waals surface area contributed by atoms with Gasteiger partial charge in [0.1, 0.15) is 0 Å². The van der Waals surface area contributed by atoms with Crippen LogP contribution in [0.1, 0.15) is 44.5 Å². The summed E-state index contributed by atoms with van der Waals surface area (Å²) in [5.41, 5.74) is 16.3. The van der Waals surface area contributed by atoms with Gasteiger partial charge in [0.2, 0.25) is 0 Å². The Morgan fingerprint density at radius 3 is 1.13 bits per heavy atom. The molecule has 0 aliphatic carbocycles. The van der Waals surface area contributed by atoms with Gasteiger partial charge in [-0.1, -0.05) is 114 Å². The Labute approximate surface area is 234 Å². The average molecular weight is 523 g/mol. The Morgan fingerprint density at radius 1 is 0.410 bits per heavy atom. The van der Waals surface area contributed by atoms with Gasteiger partial charge in [0.05, 0.1) is 0 Å². The lowest BCUT2D eigenvalue weighted by atomic mass is 9.89. The zero-order chi connectivity index (χ0) is 27.3. The first-order valence-corrected chi connectivity index (χ1v) is 15.1. The van der Waals surface area contributed by atoms with Gasteiger partial charge in [-0.2, -0.15) is 0 Å². The van der Waals surface area contributed by atoms with E-state index in [4.69, 9.17) is 0 Å². The van der Waals surface area contributed by atoms with Crippen LogP contribution in [0.4, 0.5) is 0 Å². The van der Waals surface area contributed by atoms with Gasteiger partial charge in [-0.3, -0.25) is 0 Å². The van der Waals surface area contributed by atoms with E-state index in [1.807, 2.05) is 0 Å². The summed E-state index contributed by atoms with van der Waals surface area (Å²) in [6.45, 7) is 13.5. The Bertz CT molecular complexity index is 1570. The maximum atomic E-state index is 2.37. The minimum atomic E-state index is -0.645. The van der Waals surface area contributed by atoms with Crippen molar-refractivity contribution < 1.29 is 0 Å². The van der Waals surface area contributed by atoms with Crippen molar-refractivity contribution in [3.8, 4) is 22.3 Å². The SMILES string of the molecule is Cc1cc(C)c(-c2cccc(-c3c(C)cc(C)cc3C)c2P2C(c3ccccc3)=C2c2ccccc2)c(C)c1. The zero-order valence-corrected chi connectivity index (χ0v) is 24.7.